The minimum atomic E-state index is -0.440. The van der Waals surface area contributed by atoms with E-state index in [9.17, 15) is 19.7 Å². The smallest absolute Gasteiger partial charge is 0.285 e. The molecule has 0 saturated carbocycles. The number of rotatable bonds is 6. The summed E-state index contributed by atoms with van der Waals surface area (Å²) >= 11 is 0. The van der Waals surface area contributed by atoms with E-state index in [2.05, 4.69) is 6.07 Å². The van der Waals surface area contributed by atoms with Gasteiger partial charge in [-0.1, -0.05) is 44.2 Å². The molecule has 0 bridgehead atoms. The van der Waals surface area contributed by atoms with Crippen LogP contribution in [0.5, 0.6) is 0 Å². The van der Waals surface area contributed by atoms with Crippen LogP contribution in [0.3, 0.4) is 0 Å². The summed E-state index contributed by atoms with van der Waals surface area (Å²) in [6.07, 6.45) is 3.86. The van der Waals surface area contributed by atoms with Crippen LogP contribution in [0, 0.1) is 16.2 Å². The van der Waals surface area contributed by atoms with Gasteiger partial charge in [0, 0.05) is 32.3 Å². The van der Waals surface area contributed by atoms with Gasteiger partial charge in [0.15, 0.2) is 0 Å². The molecule has 1 fully saturated rings. The number of carbonyl (C=O) groups is 2. The molecule has 30 heavy (non-hydrogen) atoms. The molecule has 0 aromatic heterocycles. The van der Waals surface area contributed by atoms with Gasteiger partial charge in [-0.15, -0.1) is 0 Å². The fraction of sp³-hybridized carbons (Fsp3) is 0.304. The third-order valence-corrected chi connectivity index (χ3v) is 5.22. The molecule has 7 nitrogen and oxygen atoms in total. The molecule has 2 aromatic rings. The highest BCUT2D eigenvalue weighted by molar-refractivity contribution is 5.94. The first-order chi connectivity index (χ1) is 14.4. The van der Waals surface area contributed by atoms with Gasteiger partial charge in [-0.3, -0.25) is 19.7 Å². The molecule has 2 aromatic carbocycles. The molecule has 0 spiro atoms. The van der Waals surface area contributed by atoms with E-state index in [4.69, 9.17) is 0 Å². The van der Waals surface area contributed by atoms with Gasteiger partial charge in [-0.05, 0) is 34.8 Å². The summed E-state index contributed by atoms with van der Waals surface area (Å²) in [5.74, 6) is -0.00674. The van der Waals surface area contributed by atoms with E-state index in [1.54, 1.807) is 21.9 Å². The largest absolute Gasteiger partial charge is 0.342 e. The number of nitrogens with zero attached hydrogens (tertiary/aromatic N) is 3. The third-order valence-electron chi connectivity index (χ3n) is 5.22. The summed E-state index contributed by atoms with van der Waals surface area (Å²) in [6, 6.07) is 13.6. The van der Waals surface area contributed by atoms with Crippen LogP contribution in [0.1, 0.15) is 30.9 Å². The topological polar surface area (TPSA) is 83.8 Å². The minimum absolute atomic E-state index is 0.114. The molecule has 1 saturated heterocycles. The van der Waals surface area contributed by atoms with Crippen molar-refractivity contribution in [1.82, 2.24) is 9.80 Å². The molecule has 1 heterocycles. The van der Waals surface area contributed by atoms with Crippen LogP contribution in [0.2, 0.25) is 0 Å². The van der Waals surface area contributed by atoms with Crippen molar-refractivity contribution < 1.29 is 14.5 Å². The van der Waals surface area contributed by atoms with Gasteiger partial charge >= 0.3 is 0 Å². The quantitative estimate of drug-likeness (QED) is 0.318. The highest BCUT2D eigenvalue weighted by Gasteiger charge is 2.22. The third kappa shape index (κ3) is 4.56. The van der Waals surface area contributed by atoms with Gasteiger partial charge in [0.1, 0.15) is 0 Å². The van der Waals surface area contributed by atoms with E-state index in [0.29, 0.717) is 37.3 Å². The van der Waals surface area contributed by atoms with E-state index in [-0.39, 0.29) is 17.5 Å². The molecule has 0 aliphatic carbocycles. The van der Waals surface area contributed by atoms with Crippen LogP contribution < -0.4 is 0 Å². The number of hydrogen-bond donors (Lipinski definition) is 0. The lowest BCUT2D eigenvalue weighted by atomic mass is 9.89. The number of amides is 2. The summed E-state index contributed by atoms with van der Waals surface area (Å²) in [6.45, 7) is 6.01. The summed E-state index contributed by atoms with van der Waals surface area (Å²) in [7, 11) is 0. The zero-order valence-electron chi connectivity index (χ0n) is 17.1. The van der Waals surface area contributed by atoms with Gasteiger partial charge in [-0.2, -0.15) is 0 Å². The van der Waals surface area contributed by atoms with E-state index in [0.717, 1.165) is 17.5 Å². The van der Waals surface area contributed by atoms with Crippen molar-refractivity contribution in [1.29, 1.82) is 0 Å². The lowest BCUT2D eigenvalue weighted by Crippen LogP contribution is -2.47. The number of nitro benzene ring substituents is 1. The molecule has 0 atom stereocenters. The van der Waals surface area contributed by atoms with Gasteiger partial charge in [-0.25, -0.2) is 0 Å². The molecule has 1 aliphatic rings. The Kier molecular flexibility index (Phi) is 6.61. The molecule has 1 aliphatic heterocycles. The molecule has 1 radical (unpaired) electrons. The maximum Gasteiger partial charge on any atom is 0.285 e. The average molecular weight is 406 g/mol. The monoisotopic (exact) mass is 406 g/mol. The first kappa shape index (κ1) is 21.2. The minimum Gasteiger partial charge on any atom is -0.342 e. The van der Waals surface area contributed by atoms with Crippen LogP contribution in [-0.4, -0.2) is 53.2 Å². The Morgan fingerprint density at radius 1 is 1.17 bits per heavy atom. The Labute approximate surface area is 175 Å². The SMILES string of the molecule is CC(C)c1ccccc1-c1c([N+](=O)[O-])[c]ccc1/C=C/C(=O)N1CCN(C=O)CC1. The lowest BCUT2D eigenvalue weighted by molar-refractivity contribution is -0.384. The maximum absolute atomic E-state index is 12.6. The van der Waals surface area contributed by atoms with Crippen molar-refractivity contribution in [3.05, 3.63) is 69.8 Å². The second kappa shape index (κ2) is 9.35. The predicted molar refractivity (Wildman–Crippen MR) is 115 cm³/mol. The summed E-state index contributed by atoms with van der Waals surface area (Å²) in [4.78, 5) is 38.0. The van der Waals surface area contributed by atoms with Crippen molar-refractivity contribution >= 4 is 24.1 Å². The Morgan fingerprint density at radius 2 is 1.87 bits per heavy atom. The summed E-state index contributed by atoms with van der Waals surface area (Å²) in [5.41, 5.74) is 2.70. The Hall–Kier alpha value is -3.48. The first-order valence-electron chi connectivity index (χ1n) is 9.87. The summed E-state index contributed by atoms with van der Waals surface area (Å²) in [5, 5.41) is 11.7. The number of hydrogen-bond acceptors (Lipinski definition) is 4. The Balaban J connectivity index is 1.97. The molecular weight excluding hydrogens is 382 g/mol. The lowest BCUT2D eigenvalue weighted by Gasteiger charge is -2.31. The fourth-order valence-electron chi connectivity index (χ4n) is 3.61. The Bertz CT molecular complexity index is 976. The number of piperazine rings is 1. The van der Waals surface area contributed by atoms with E-state index in [1.807, 2.05) is 38.1 Å². The van der Waals surface area contributed by atoms with Gasteiger partial charge in [0.2, 0.25) is 12.3 Å². The fourth-order valence-corrected chi connectivity index (χ4v) is 3.61. The van der Waals surface area contributed by atoms with Crippen LogP contribution in [0.25, 0.3) is 17.2 Å². The van der Waals surface area contributed by atoms with Crippen molar-refractivity contribution in [2.24, 2.45) is 0 Å². The van der Waals surface area contributed by atoms with Crippen molar-refractivity contribution in [3.8, 4) is 11.1 Å². The van der Waals surface area contributed by atoms with Gasteiger partial charge in [0.05, 0.1) is 16.6 Å². The molecule has 3 rings (SSSR count). The Morgan fingerprint density at radius 3 is 2.50 bits per heavy atom. The highest BCUT2D eigenvalue weighted by Crippen LogP contribution is 2.38. The second-order valence-corrected chi connectivity index (χ2v) is 7.46. The number of benzene rings is 2. The average Bonchev–Trinajstić information content (AvgIpc) is 2.77. The molecular formula is C23H24N3O4. The van der Waals surface area contributed by atoms with Crippen molar-refractivity contribution in [3.63, 3.8) is 0 Å². The zero-order valence-corrected chi connectivity index (χ0v) is 17.1. The predicted octanol–water partition coefficient (Wildman–Crippen LogP) is 3.50. The zero-order chi connectivity index (χ0) is 21.7. The van der Waals surface area contributed by atoms with E-state index in [1.165, 1.54) is 12.1 Å². The molecule has 7 heteroatoms. The summed E-state index contributed by atoms with van der Waals surface area (Å²) < 4.78 is 0. The van der Waals surface area contributed by atoms with Crippen molar-refractivity contribution in [2.75, 3.05) is 26.2 Å². The van der Waals surface area contributed by atoms with Gasteiger partial charge in [0.25, 0.3) is 5.69 Å². The number of carbonyl (C=O) groups excluding carboxylic acids is 2. The van der Waals surface area contributed by atoms with Crippen LogP contribution in [-0.2, 0) is 9.59 Å². The molecule has 155 valence electrons. The second-order valence-electron chi connectivity index (χ2n) is 7.46. The van der Waals surface area contributed by atoms with Crippen LogP contribution >= 0.6 is 0 Å². The number of nitro groups is 1. The standard InChI is InChI=1S/C23H24N3O4/c1-17(2)19-7-3-4-8-20(19)23-18(6-5-9-21(23)26(29)30)10-11-22(28)25-14-12-24(16-27)13-15-25/h3-8,10-11,16-17H,12-15H2,1-2H3/b11-10+. The van der Waals surface area contributed by atoms with Gasteiger partial charge < -0.3 is 9.80 Å². The maximum atomic E-state index is 12.6. The van der Waals surface area contributed by atoms with Crippen molar-refractivity contribution in [2.45, 2.75) is 19.8 Å². The van der Waals surface area contributed by atoms with Crippen LogP contribution in [0.4, 0.5) is 5.69 Å². The molecule has 0 N–H and O–H groups in total. The first-order valence-corrected chi connectivity index (χ1v) is 9.87. The normalized spacial score (nSPS) is 14.4. The molecule has 0 unspecified atom stereocenters. The van der Waals surface area contributed by atoms with Crippen LogP contribution in [0.15, 0.2) is 42.5 Å². The van der Waals surface area contributed by atoms with E-state index < -0.39 is 4.92 Å². The highest BCUT2D eigenvalue weighted by atomic mass is 16.6. The molecule has 2 amide bonds. The van der Waals surface area contributed by atoms with E-state index >= 15 is 0 Å².